The standard InChI is InChI=1S/C15H22O9S/c1-7(16)21-6-11-12(22-8(2)17)13(23-9(3)18)14(24-10(4)19)15(20-5)25-11/h11-15H,6H2,1-5H3. The second kappa shape index (κ2) is 9.62. The molecule has 1 fully saturated rings. The minimum atomic E-state index is -1.10. The van der Waals surface area contributed by atoms with Crippen molar-refractivity contribution in [3.05, 3.63) is 0 Å². The van der Waals surface area contributed by atoms with Gasteiger partial charge in [0, 0.05) is 34.8 Å². The fourth-order valence-electron chi connectivity index (χ4n) is 2.38. The highest BCUT2D eigenvalue weighted by Crippen LogP contribution is 2.38. The van der Waals surface area contributed by atoms with Gasteiger partial charge in [-0.05, 0) is 0 Å². The molecule has 142 valence electrons. The van der Waals surface area contributed by atoms with Gasteiger partial charge in [0.25, 0.3) is 0 Å². The Kier molecular flexibility index (Phi) is 8.17. The van der Waals surface area contributed by atoms with Gasteiger partial charge in [0.05, 0.1) is 5.25 Å². The monoisotopic (exact) mass is 378 g/mol. The summed E-state index contributed by atoms with van der Waals surface area (Å²) in [5, 5.41) is -0.575. The lowest BCUT2D eigenvalue weighted by atomic mass is 10.0. The summed E-state index contributed by atoms with van der Waals surface area (Å²) in [4.78, 5) is 45.5. The average molecular weight is 378 g/mol. The number of methoxy groups -OCH3 is 1. The molecule has 9 nitrogen and oxygen atoms in total. The molecule has 10 heteroatoms. The zero-order valence-corrected chi connectivity index (χ0v) is 15.5. The Labute approximate surface area is 149 Å². The normalized spacial score (nSPS) is 28.6. The van der Waals surface area contributed by atoms with E-state index in [1.54, 1.807) is 0 Å². The molecule has 1 rings (SSSR count). The van der Waals surface area contributed by atoms with Crippen molar-refractivity contribution in [3.63, 3.8) is 0 Å². The van der Waals surface area contributed by atoms with Gasteiger partial charge in [-0.3, -0.25) is 19.2 Å². The molecule has 0 aromatic carbocycles. The molecule has 0 amide bonds. The molecule has 0 aromatic rings. The summed E-state index contributed by atoms with van der Waals surface area (Å²) >= 11 is 1.16. The molecular weight excluding hydrogens is 356 g/mol. The van der Waals surface area contributed by atoms with Gasteiger partial charge >= 0.3 is 23.9 Å². The van der Waals surface area contributed by atoms with Crippen LogP contribution in [0.1, 0.15) is 27.7 Å². The Bertz CT molecular complexity index is 521. The van der Waals surface area contributed by atoms with Crippen molar-refractivity contribution in [1.82, 2.24) is 0 Å². The number of hydrogen-bond donors (Lipinski definition) is 0. The fourth-order valence-corrected chi connectivity index (χ4v) is 3.71. The Morgan fingerprint density at radius 1 is 0.760 bits per heavy atom. The van der Waals surface area contributed by atoms with Crippen molar-refractivity contribution in [2.45, 2.75) is 56.7 Å². The molecule has 25 heavy (non-hydrogen) atoms. The molecular formula is C15H22O9S. The lowest BCUT2D eigenvalue weighted by Crippen LogP contribution is -2.59. The fraction of sp³-hybridized carbons (Fsp3) is 0.733. The van der Waals surface area contributed by atoms with E-state index < -0.39 is 52.9 Å². The van der Waals surface area contributed by atoms with Gasteiger partial charge in [-0.15, -0.1) is 11.8 Å². The van der Waals surface area contributed by atoms with Gasteiger partial charge < -0.3 is 23.7 Å². The lowest BCUT2D eigenvalue weighted by Gasteiger charge is -2.43. The van der Waals surface area contributed by atoms with E-state index in [1.807, 2.05) is 0 Å². The van der Waals surface area contributed by atoms with Crippen LogP contribution in [0.15, 0.2) is 0 Å². The van der Waals surface area contributed by atoms with Crippen LogP contribution >= 0.6 is 11.8 Å². The van der Waals surface area contributed by atoms with Crippen LogP contribution < -0.4 is 0 Å². The molecule has 1 heterocycles. The zero-order valence-electron chi connectivity index (χ0n) is 14.7. The van der Waals surface area contributed by atoms with Crippen molar-refractivity contribution in [2.24, 2.45) is 0 Å². The average Bonchev–Trinajstić information content (AvgIpc) is 2.48. The largest absolute Gasteiger partial charge is 0.465 e. The van der Waals surface area contributed by atoms with E-state index in [9.17, 15) is 19.2 Å². The maximum atomic E-state index is 11.5. The number of ether oxygens (including phenoxy) is 5. The van der Waals surface area contributed by atoms with Crippen molar-refractivity contribution < 1.29 is 42.9 Å². The van der Waals surface area contributed by atoms with Gasteiger partial charge in [-0.25, -0.2) is 0 Å². The Hall–Kier alpha value is -1.81. The summed E-state index contributed by atoms with van der Waals surface area (Å²) in [7, 11) is 1.40. The minimum absolute atomic E-state index is 0.0949. The first-order valence-corrected chi connectivity index (χ1v) is 8.43. The van der Waals surface area contributed by atoms with E-state index in [2.05, 4.69) is 0 Å². The topological polar surface area (TPSA) is 114 Å². The quantitative estimate of drug-likeness (QED) is 0.476. The van der Waals surface area contributed by atoms with Crippen LogP contribution in [0, 0.1) is 0 Å². The van der Waals surface area contributed by atoms with Crippen LogP contribution in [-0.2, 0) is 42.9 Å². The highest BCUT2D eigenvalue weighted by Gasteiger charge is 2.51. The van der Waals surface area contributed by atoms with Crippen molar-refractivity contribution >= 4 is 35.6 Å². The predicted molar refractivity (Wildman–Crippen MR) is 85.5 cm³/mol. The summed E-state index contributed by atoms with van der Waals surface area (Å²) < 4.78 is 26.1. The summed E-state index contributed by atoms with van der Waals surface area (Å²) in [5.74, 6) is -2.38. The zero-order chi connectivity index (χ0) is 19.1. The molecule has 1 aliphatic rings. The number of rotatable bonds is 6. The maximum absolute atomic E-state index is 11.5. The van der Waals surface area contributed by atoms with E-state index >= 15 is 0 Å². The second-order valence-electron chi connectivity index (χ2n) is 5.30. The van der Waals surface area contributed by atoms with Crippen LogP contribution in [0.3, 0.4) is 0 Å². The van der Waals surface area contributed by atoms with Crippen molar-refractivity contribution in [2.75, 3.05) is 13.7 Å². The second-order valence-corrected chi connectivity index (χ2v) is 6.65. The number of esters is 4. The molecule has 1 aliphatic heterocycles. The first kappa shape index (κ1) is 21.2. The van der Waals surface area contributed by atoms with Crippen LogP contribution in [0.5, 0.6) is 0 Å². The molecule has 0 aromatic heterocycles. The third-order valence-corrected chi connectivity index (χ3v) is 4.66. The van der Waals surface area contributed by atoms with Crippen LogP contribution in [0.2, 0.25) is 0 Å². The summed E-state index contributed by atoms with van der Waals surface area (Å²) in [6.45, 7) is 4.73. The first-order chi connectivity index (χ1) is 11.6. The molecule has 0 radical (unpaired) electrons. The molecule has 5 unspecified atom stereocenters. The van der Waals surface area contributed by atoms with Gasteiger partial charge in [0.2, 0.25) is 0 Å². The van der Waals surface area contributed by atoms with Gasteiger partial charge in [0.1, 0.15) is 12.0 Å². The highest BCUT2D eigenvalue weighted by atomic mass is 32.2. The van der Waals surface area contributed by atoms with Crippen LogP contribution in [-0.4, -0.2) is 66.6 Å². The van der Waals surface area contributed by atoms with E-state index in [0.29, 0.717) is 0 Å². The smallest absolute Gasteiger partial charge is 0.303 e. The first-order valence-electron chi connectivity index (χ1n) is 7.49. The molecule has 1 saturated heterocycles. The van der Waals surface area contributed by atoms with Gasteiger partial charge in [-0.1, -0.05) is 0 Å². The molecule has 5 atom stereocenters. The Balaban J connectivity index is 3.18. The molecule has 0 bridgehead atoms. The van der Waals surface area contributed by atoms with Crippen molar-refractivity contribution in [3.8, 4) is 0 Å². The third kappa shape index (κ3) is 6.54. The Morgan fingerprint density at radius 3 is 1.68 bits per heavy atom. The molecule has 0 spiro atoms. The van der Waals surface area contributed by atoms with Crippen LogP contribution in [0.25, 0.3) is 0 Å². The minimum Gasteiger partial charge on any atom is -0.465 e. The van der Waals surface area contributed by atoms with E-state index in [1.165, 1.54) is 34.8 Å². The molecule has 0 N–H and O–H groups in total. The maximum Gasteiger partial charge on any atom is 0.303 e. The Morgan fingerprint density at radius 2 is 1.24 bits per heavy atom. The third-order valence-electron chi connectivity index (χ3n) is 3.18. The predicted octanol–water partition coefficient (Wildman–Crippen LogP) is 0.432. The molecule has 0 aliphatic carbocycles. The summed E-state index contributed by atoms with van der Waals surface area (Å²) in [5.41, 5.74) is -0.708. The number of carbonyl (C=O) groups excluding carboxylic acids is 4. The lowest BCUT2D eigenvalue weighted by molar-refractivity contribution is -0.192. The van der Waals surface area contributed by atoms with E-state index in [4.69, 9.17) is 23.7 Å². The van der Waals surface area contributed by atoms with Crippen molar-refractivity contribution in [1.29, 1.82) is 0 Å². The van der Waals surface area contributed by atoms with Gasteiger partial charge in [-0.2, -0.15) is 0 Å². The van der Waals surface area contributed by atoms with Crippen LogP contribution in [0.4, 0.5) is 0 Å². The number of hydrogen-bond acceptors (Lipinski definition) is 10. The molecule has 0 saturated carbocycles. The SMILES string of the molecule is COC1SC(COC(C)=O)C(OC(C)=O)C(OC(C)=O)C1OC(C)=O. The van der Waals surface area contributed by atoms with E-state index in [-0.39, 0.29) is 6.61 Å². The summed E-state index contributed by atoms with van der Waals surface area (Å²) in [6.07, 6.45) is -3.08. The number of thioether (sulfide) groups is 1. The highest BCUT2D eigenvalue weighted by molar-refractivity contribution is 8.00. The number of carbonyl (C=O) groups is 4. The van der Waals surface area contributed by atoms with E-state index in [0.717, 1.165) is 11.8 Å². The summed E-state index contributed by atoms with van der Waals surface area (Å²) in [6, 6.07) is 0. The van der Waals surface area contributed by atoms with Gasteiger partial charge in [0.15, 0.2) is 18.3 Å².